The van der Waals surface area contributed by atoms with Crippen molar-refractivity contribution in [2.45, 2.75) is 102 Å². The first-order valence-corrected chi connectivity index (χ1v) is 26.8. The van der Waals surface area contributed by atoms with Crippen molar-refractivity contribution in [3.63, 3.8) is 0 Å². The zero-order valence-corrected chi connectivity index (χ0v) is 42.4. The number of anilines is 1. The molecule has 19 heteroatoms. The number of piperazine rings is 1. The molecule has 70 heavy (non-hydrogen) atoms. The first-order chi connectivity index (χ1) is 33.1. The predicted octanol–water partition coefficient (Wildman–Crippen LogP) is 7.57. The van der Waals surface area contributed by atoms with Crippen LogP contribution in [0.15, 0.2) is 101 Å². The fourth-order valence-electron chi connectivity index (χ4n) is 9.79. The lowest BCUT2D eigenvalue weighted by Gasteiger charge is -2.46. The first-order valence-electron chi connectivity index (χ1n) is 23.9. The molecule has 2 aliphatic heterocycles. The number of carbonyl (C=O) groups is 1. The van der Waals surface area contributed by atoms with Crippen LogP contribution >= 0.6 is 7.82 Å². The summed E-state index contributed by atoms with van der Waals surface area (Å²) in [4.78, 5) is 64.4. The number of rotatable bonds is 13. The molecular formula is C51H62N7O10PS. The van der Waals surface area contributed by atoms with E-state index in [9.17, 15) is 32.4 Å². The van der Waals surface area contributed by atoms with Crippen molar-refractivity contribution in [3.05, 3.63) is 118 Å². The average molecular weight is 996 g/mol. The molecule has 6 aromatic rings. The number of amides is 1. The second-order valence-electron chi connectivity index (χ2n) is 20.2. The Morgan fingerprint density at radius 3 is 2.24 bits per heavy atom. The summed E-state index contributed by atoms with van der Waals surface area (Å²) < 4.78 is 61.2. The number of piperidine rings is 1. The summed E-state index contributed by atoms with van der Waals surface area (Å²) in [5.41, 5.74) is 0.783. The quantitative estimate of drug-likeness (QED) is 0.107. The molecule has 1 unspecified atom stereocenters. The van der Waals surface area contributed by atoms with Gasteiger partial charge in [-0.1, -0.05) is 54.1 Å². The number of phosphoric acid groups is 1. The van der Waals surface area contributed by atoms with Gasteiger partial charge in [0.25, 0.3) is 15.6 Å². The number of fused-ring (bicyclic) bond motifs is 2. The second-order valence-corrected chi connectivity index (χ2v) is 23.3. The number of ether oxygens (including phenoxy) is 2. The monoisotopic (exact) mass is 995 g/mol. The van der Waals surface area contributed by atoms with Gasteiger partial charge in [-0.3, -0.25) is 14.2 Å². The Labute approximate surface area is 408 Å². The van der Waals surface area contributed by atoms with E-state index in [0.717, 1.165) is 48.3 Å². The van der Waals surface area contributed by atoms with Gasteiger partial charge in [0.05, 0.1) is 28.8 Å². The van der Waals surface area contributed by atoms with Crippen LogP contribution in [0.25, 0.3) is 32.9 Å². The van der Waals surface area contributed by atoms with Crippen LogP contribution in [-0.4, -0.2) is 116 Å². The average Bonchev–Trinajstić information content (AvgIpc) is 4.02. The third-order valence-corrected chi connectivity index (χ3v) is 15.8. The molecule has 0 bridgehead atoms. The molecule has 372 valence electrons. The van der Waals surface area contributed by atoms with Crippen molar-refractivity contribution in [2.24, 2.45) is 13.0 Å². The van der Waals surface area contributed by atoms with Crippen LogP contribution in [0.4, 0.5) is 10.7 Å². The Morgan fingerprint density at radius 2 is 1.59 bits per heavy atom. The predicted molar refractivity (Wildman–Crippen MR) is 267 cm³/mol. The van der Waals surface area contributed by atoms with Crippen LogP contribution in [0.3, 0.4) is 0 Å². The molecule has 1 aliphatic carbocycles. The highest BCUT2D eigenvalue weighted by Gasteiger charge is 2.46. The maximum absolute atomic E-state index is 14.1. The van der Waals surface area contributed by atoms with Crippen molar-refractivity contribution < 1.29 is 41.6 Å². The third-order valence-electron chi connectivity index (χ3n) is 13.6. The number of pyridine rings is 1. The minimum absolute atomic E-state index is 0.00511. The highest BCUT2D eigenvalue weighted by molar-refractivity contribution is 7.90. The SMILES string of the molecule is Cc1ccc(S(=O)(=O)n2ccc3c(-c4ccc5nc(N6CCC(CN7C[C@@H](C)N(C(=O)OC(C)(C)C)C[C@@H]7C)CC6)nc(C(COP(=O)(O)O)(OC6CC6)c6ccccc6)c5c4)cn(C)c(=O)c32)cc1. The van der Waals surface area contributed by atoms with Gasteiger partial charge in [-0.2, -0.15) is 0 Å². The Morgan fingerprint density at radius 1 is 0.886 bits per heavy atom. The molecule has 9 rings (SSSR count). The van der Waals surface area contributed by atoms with E-state index in [1.807, 2.05) is 81.1 Å². The maximum Gasteiger partial charge on any atom is 0.469 e. The van der Waals surface area contributed by atoms with E-state index in [1.54, 1.807) is 31.4 Å². The fourth-order valence-corrected chi connectivity index (χ4v) is 11.5. The lowest BCUT2D eigenvalue weighted by molar-refractivity contribution is -0.0657. The summed E-state index contributed by atoms with van der Waals surface area (Å²) in [7, 11) is -7.65. The largest absolute Gasteiger partial charge is 0.469 e. The van der Waals surface area contributed by atoms with E-state index in [0.29, 0.717) is 70.2 Å². The minimum Gasteiger partial charge on any atom is -0.444 e. The van der Waals surface area contributed by atoms with Gasteiger partial charge in [0.2, 0.25) is 5.95 Å². The number of carbonyl (C=O) groups excluding carboxylic acids is 1. The van der Waals surface area contributed by atoms with Gasteiger partial charge in [-0.25, -0.2) is 31.7 Å². The van der Waals surface area contributed by atoms with E-state index in [-0.39, 0.29) is 34.7 Å². The van der Waals surface area contributed by atoms with Crippen molar-refractivity contribution in [1.82, 2.24) is 28.3 Å². The Hall–Kier alpha value is -5.46. The zero-order chi connectivity index (χ0) is 49.9. The molecule has 3 aliphatic rings. The number of nitrogens with zero attached hydrogens (tertiary/aromatic N) is 7. The number of phosphoric ester groups is 1. The van der Waals surface area contributed by atoms with Crippen LogP contribution in [0, 0.1) is 12.8 Å². The number of hydrogen-bond acceptors (Lipinski definition) is 12. The molecule has 1 amide bonds. The van der Waals surface area contributed by atoms with E-state index in [1.165, 1.54) is 22.9 Å². The van der Waals surface area contributed by atoms with E-state index < -0.39 is 41.2 Å². The molecule has 3 fully saturated rings. The molecule has 0 spiro atoms. The Bertz CT molecular complexity index is 3140. The number of hydrogen-bond donors (Lipinski definition) is 2. The van der Waals surface area contributed by atoms with E-state index in [4.69, 9.17) is 24.0 Å². The standard InChI is InChI=1S/C51H62N7O10PS/c1-33-13-18-40(19-14-33)70(64,65)58-26-23-41-43(31-54(7)47(59)45(41)58)37-15-20-44-42(27-37)46(51(67-39-16-17-39,32-66-69(61,62)63)38-11-9-8-10-12-38)53-48(52-44)55-24-21-36(22-25-55)30-56-28-35(3)57(29-34(56)2)49(60)68-50(4,5)6/h8-15,18-20,23,26-27,31,34-36,39H,16-17,21-22,24-25,28-30,32H2,1-7H3,(H2,61,62,63)/t34-,35+,51?/m0/s1. The molecule has 3 aromatic carbocycles. The van der Waals surface area contributed by atoms with Crippen molar-refractivity contribution >= 4 is 51.7 Å². The highest BCUT2D eigenvalue weighted by atomic mass is 32.2. The van der Waals surface area contributed by atoms with Crippen LogP contribution in [0.5, 0.6) is 0 Å². The second kappa shape index (κ2) is 18.9. The van der Waals surface area contributed by atoms with Crippen molar-refractivity contribution in [3.8, 4) is 11.1 Å². The lowest BCUT2D eigenvalue weighted by Crippen LogP contribution is -2.59. The first kappa shape index (κ1) is 49.5. The Kier molecular flexibility index (Phi) is 13.4. The normalized spacial score (nSPS) is 19.7. The summed E-state index contributed by atoms with van der Waals surface area (Å²) in [5.74, 6) is 0.806. The van der Waals surface area contributed by atoms with Gasteiger partial charge in [-0.15, -0.1) is 0 Å². The van der Waals surface area contributed by atoms with Gasteiger partial charge < -0.3 is 33.6 Å². The van der Waals surface area contributed by atoms with Crippen LogP contribution in [-0.2, 0) is 41.2 Å². The minimum atomic E-state index is -5.05. The molecule has 3 atom stereocenters. The van der Waals surface area contributed by atoms with Crippen LogP contribution < -0.4 is 10.5 Å². The smallest absolute Gasteiger partial charge is 0.444 e. The molecule has 17 nitrogen and oxygen atoms in total. The van der Waals surface area contributed by atoms with Crippen molar-refractivity contribution in [1.29, 1.82) is 0 Å². The molecule has 1 saturated carbocycles. The third kappa shape index (κ3) is 10.2. The summed E-state index contributed by atoms with van der Waals surface area (Å²) in [5, 5.41) is 0.916. The number of aryl methyl sites for hydroxylation is 2. The molecule has 3 aromatic heterocycles. The number of benzene rings is 3. The summed E-state index contributed by atoms with van der Waals surface area (Å²) in [6.07, 6.45) is 5.69. The van der Waals surface area contributed by atoms with E-state index in [2.05, 4.69) is 23.6 Å². The van der Waals surface area contributed by atoms with Crippen LogP contribution in [0.1, 0.15) is 77.1 Å². The van der Waals surface area contributed by atoms with E-state index >= 15 is 0 Å². The molecular weight excluding hydrogens is 934 g/mol. The van der Waals surface area contributed by atoms with Gasteiger partial charge in [0, 0.05) is 80.6 Å². The van der Waals surface area contributed by atoms with Gasteiger partial charge in [0.15, 0.2) is 5.60 Å². The summed E-state index contributed by atoms with van der Waals surface area (Å²) in [6, 6.07) is 23.0. The van der Waals surface area contributed by atoms with Gasteiger partial charge in [0.1, 0.15) is 11.1 Å². The van der Waals surface area contributed by atoms with Crippen molar-refractivity contribution in [2.75, 3.05) is 44.2 Å². The number of aromatic nitrogens is 4. The van der Waals surface area contributed by atoms with Crippen LogP contribution in [0.2, 0.25) is 0 Å². The Balaban J connectivity index is 1.11. The fraction of sp³-hybridized carbons (Fsp3) is 0.451. The summed E-state index contributed by atoms with van der Waals surface area (Å²) in [6.45, 7) is 14.6. The van der Waals surface area contributed by atoms with Gasteiger partial charge >= 0.3 is 13.9 Å². The lowest BCUT2D eigenvalue weighted by atomic mass is 9.87. The molecule has 2 N–H and O–H groups in total. The highest BCUT2D eigenvalue weighted by Crippen LogP contribution is 2.47. The molecule has 0 radical (unpaired) electrons. The van der Waals surface area contributed by atoms with Gasteiger partial charge in [-0.05, 0) is 115 Å². The zero-order valence-electron chi connectivity index (χ0n) is 40.7. The molecule has 5 heterocycles. The maximum atomic E-state index is 14.1. The topological polar surface area (TPSA) is 199 Å². The molecule has 2 saturated heterocycles. The summed E-state index contributed by atoms with van der Waals surface area (Å²) >= 11 is 0.